The lowest BCUT2D eigenvalue weighted by atomic mass is 9.88. The minimum atomic E-state index is -3.95. The summed E-state index contributed by atoms with van der Waals surface area (Å²) >= 11 is 0. The molecule has 1 spiro atoms. The van der Waals surface area contributed by atoms with Gasteiger partial charge >= 0.3 is 0 Å². The predicted molar refractivity (Wildman–Crippen MR) is 155 cm³/mol. The molecule has 0 saturated carbocycles. The SMILES string of the molecule is CNS(=O)(=O)c1cccc(OC[C@@H](O)CN[C@H]2COC3(CCN(S(=O)(=O)c4cnc5ccc(C)cc5c4O)CC3)C2)c1. The zero-order chi connectivity index (χ0) is 30.1. The van der Waals surface area contributed by atoms with E-state index in [9.17, 15) is 27.0 Å². The summed E-state index contributed by atoms with van der Waals surface area (Å²) in [6.07, 6.45) is 2.05. The summed E-state index contributed by atoms with van der Waals surface area (Å²) in [5.41, 5.74) is 0.951. The van der Waals surface area contributed by atoms with E-state index in [4.69, 9.17) is 9.47 Å². The molecule has 5 rings (SSSR count). The number of pyridine rings is 1. The van der Waals surface area contributed by atoms with Crippen LogP contribution in [0.25, 0.3) is 10.9 Å². The zero-order valence-corrected chi connectivity index (χ0v) is 25.1. The number of nitrogens with zero attached hydrogens (tertiary/aromatic N) is 2. The van der Waals surface area contributed by atoms with Crippen molar-refractivity contribution in [3.05, 3.63) is 54.2 Å². The fourth-order valence-electron chi connectivity index (χ4n) is 5.46. The molecular weight excluding hydrogens is 584 g/mol. The Bertz CT molecular complexity index is 1660. The smallest absolute Gasteiger partial charge is 0.248 e. The highest BCUT2D eigenvalue weighted by molar-refractivity contribution is 7.89. The average molecular weight is 621 g/mol. The van der Waals surface area contributed by atoms with Gasteiger partial charge in [0, 0.05) is 37.1 Å². The molecule has 2 saturated heterocycles. The van der Waals surface area contributed by atoms with Crippen LogP contribution in [0.5, 0.6) is 11.5 Å². The molecular formula is C28H36N4O8S2. The van der Waals surface area contributed by atoms with Gasteiger partial charge in [-0.2, -0.15) is 4.31 Å². The molecule has 1 aromatic heterocycles. The van der Waals surface area contributed by atoms with Gasteiger partial charge in [0.25, 0.3) is 0 Å². The summed E-state index contributed by atoms with van der Waals surface area (Å²) < 4.78 is 66.2. The molecule has 4 N–H and O–H groups in total. The van der Waals surface area contributed by atoms with Crippen LogP contribution in [0, 0.1) is 6.92 Å². The minimum absolute atomic E-state index is 0.0242. The molecule has 0 bridgehead atoms. The zero-order valence-electron chi connectivity index (χ0n) is 23.5. The molecule has 12 nitrogen and oxygen atoms in total. The van der Waals surface area contributed by atoms with E-state index in [-0.39, 0.29) is 47.8 Å². The van der Waals surface area contributed by atoms with E-state index in [0.29, 0.717) is 42.5 Å². The fourth-order valence-corrected chi connectivity index (χ4v) is 7.71. The van der Waals surface area contributed by atoms with Crippen molar-refractivity contribution in [1.29, 1.82) is 0 Å². The molecule has 228 valence electrons. The number of aromatic nitrogens is 1. The monoisotopic (exact) mass is 620 g/mol. The van der Waals surface area contributed by atoms with Crippen LogP contribution in [0.3, 0.4) is 0 Å². The number of aliphatic hydroxyl groups excluding tert-OH is 1. The average Bonchev–Trinajstić information content (AvgIpc) is 3.37. The highest BCUT2D eigenvalue weighted by atomic mass is 32.2. The Morgan fingerprint density at radius 1 is 1.17 bits per heavy atom. The van der Waals surface area contributed by atoms with Crippen molar-refractivity contribution in [3.63, 3.8) is 0 Å². The number of nitrogens with one attached hydrogen (secondary N) is 2. The normalized spacial score (nSPS) is 20.2. The molecule has 2 fully saturated rings. The quantitative estimate of drug-likeness (QED) is 0.261. The summed E-state index contributed by atoms with van der Waals surface area (Å²) in [5, 5.41) is 24.9. The Balaban J connectivity index is 1.12. The Morgan fingerprint density at radius 2 is 1.93 bits per heavy atom. The van der Waals surface area contributed by atoms with Crippen LogP contribution < -0.4 is 14.8 Å². The van der Waals surface area contributed by atoms with Crippen molar-refractivity contribution in [2.75, 3.05) is 39.9 Å². The van der Waals surface area contributed by atoms with Gasteiger partial charge in [-0.05, 0) is 57.5 Å². The Labute approximate surface area is 245 Å². The van der Waals surface area contributed by atoms with Crippen LogP contribution in [0.15, 0.2) is 58.5 Å². The number of aliphatic hydroxyl groups is 1. The first kappa shape index (κ1) is 30.6. The van der Waals surface area contributed by atoms with E-state index in [0.717, 1.165) is 5.56 Å². The van der Waals surface area contributed by atoms with Crippen molar-refractivity contribution in [2.45, 2.75) is 53.7 Å². The standard InChI is InChI=1S/C28H36N4O8S2/c1-19-6-7-25-24(12-19)27(34)26(16-31-25)42(37,38)32-10-8-28(9-11-32)14-20(17-40-28)30-15-21(33)18-39-22-4-3-5-23(13-22)41(35,36)29-2/h3-7,12-13,16,20-21,29-30,33H,8-11,14-15,17-18H2,1-2H3,(H,31,34)/t20-,21+/m1/s1. The van der Waals surface area contributed by atoms with Gasteiger partial charge in [-0.15, -0.1) is 0 Å². The maximum absolute atomic E-state index is 13.4. The summed E-state index contributed by atoms with van der Waals surface area (Å²) in [7, 11) is -6.22. The van der Waals surface area contributed by atoms with Crippen LogP contribution >= 0.6 is 0 Å². The summed E-state index contributed by atoms with van der Waals surface area (Å²) in [5.74, 6) is 0.0433. The molecule has 0 unspecified atom stereocenters. The van der Waals surface area contributed by atoms with Gasteiger partial charge in [-0.1, -0.05) is 17.7 Å². The molecule has 0 aliphatic carbocycles. The first-order chi connectivity index (χ1) is 19.9. The van der Waals surface area contributed by atoms with Gasteiger partial charge in [0.15, 0.2) is 0 Å². The van der Waals surface area contributed by atoms with E-state index in [1.807, 2.05) is 13.0 Å². The molecule has 0 amide bonds. The molecule has 2 aliphatic heterocycles. The lowest BCUT2D eigenvalue weighted by Crippen LogP contribution is -2.47. The third kappa shape index (κ3) is 6.39. The van der Waals surface area contributed by atoms with Crippen molar-refractivity contribution in [3.8, 4) is 11.5 Å². The maximum Gasteiger partial charge on any atom is 0.248 e. The minimum Gasteiger partial charge on any atom is -0.506 e. The summed E-state index contributed by atoms with van der Waals surface area (Å²) in [6.45, 7) is 3.01. The van der Waals surface area contributed by atoms with E-state index in [1.165, 1.54) is 29.7 Å². The van der Waals surface area contributed by atoms with Crippen LogP contribution in [-0.2, 0) is 24.8 Å². The molecule has 0 radical (unpaired) electrons. The van der Waals surface area contributed by atoms with Crippen LogP contribution in [-0.4, -0.2) is 94.0 Å². The number of hydrogen-bond acceptors (Lipinski definition) is 10. The molecule has 14 heteroatoms. The van der Waals surface area contributed by atoms with Crippen molar-refractivity contribution in [1.82, 2.24) is 19.3 Å². The largest absolute Gasteiger partial charge is 0.506 e. The van der Waals surface area contributed by atoms with Crippen molar-refractivity contribution >= 4 is 30.9 Å². The molecule has 2 aliphatic rings. The number of benzene rings is 2. The van der Waals surface area contributed by atoms with E-state index in [2.05, 4.69) is 15.0 Å². The predicted octanol–water partition coefficient (Wildman–Crippen LogP) is 1.50. The number of fused-ring (bicyclic) bond motifs is 1. The number of sulfonamides is 2. The second kappa shape index (κ2) is 12.0. The highest BCUT2D eigenvalue weighted by Gasteiger charge is 2.45. The number of ether oxygens (including phenoxy) is 2. The second-order valence-corrected chi connectivity index (χ2v) is 14.6. The van der Waals surface area contributed by atoms with Gasteiger partial charge in [-0.25, -0.2) is 21.6 Å². The second-order valence-electron chi connectivity index (χ2n) is 10.8. The van der Waals surface area contributed by atoms with Crippen LogP contribution in [0.1, 0.15) is 24.8 Å². The Kier molecular flexibility index (Phi) is 8.77. The first-order valence-electron chi connectivity index (χ1n) is 13.7. The first-order valence-corrected chi connectivity index (χ1v) is 16.7. The van der Waals surface area contributed by atoms with Gasteiger partial charge in [0.1, 0.15) is 29.1 Å². The lowest BCUT2D eigenvalue weighted by Gasteiger charge is -2.38. The lowest BCUT2D eigenvalue weighted by molar-refractivity contribution is -0.0312. The number of aryl methyl sites for hydroxylation is 1. The molecule has 42 heavy (non-hydrogen) atoms. The third-order valence-corrected chi connectivity index (χ3v) is 11.2. The molecule has 2 aromatic carbocycles. The van der Waals surface area contributed by atoms with E-state index in [1.54, 1.807) is 24.3 Å². The number of rotatable bonds is 10. The van der Waals surface area contributed by atoms with Crippen molar-refractivity contribution in [2.24, 2.45) is 0 Å². The third-order valence-electron chi connectivity index (χ3n) is 7.89. The van der Waals surface area contributed by atoms with Gasteiger partial charge in [0.05, 0.1) is 28.8 Å². The van der Waals surface area contributed by atoms with E-state index < -0.39 is 31.8 Å². The van der Waals surface area contributed by atoms with Crippen molar-refractivity contribution < 1.29 is 36.5 Å². The molecule has 3 heterocycles. The highest BCUT2D eigenvalue weighted by Crippen LogP contribution is 2.39. The number of piperidine rings is 1. The Hall–Kier alpha value is -2.85. The van der Waals surface area contributed by atoms with Gasteiger partial charge in [0.2, 0.25) is 20.0 Å². The van der Waals surface area contributed by atoms with Gasteiger partial charge < -0.3 is 25.0 Å². The fraction of sp³-hybridized carbons (Fsp3) is 0.464. The topological polar surface area (TPSA) is 167 Å². The maximum atomic E-state index is 13.4. The number of hydrogen-bond donors (Lipinski definition) is 4. The number of aromatic hydroxyl groups is 1. The van der Waals surface area contributed by atoms with E-state index >= 15 is 0 Å². The van der Waals surface area contributed by atoms with Crippen LogP contribution in [0.2, 0.25) is 0 Å². The van der Waals surface area contributed by atoms with Crippen LogP contribution in [0.4, 0.5) is 0 Å². The molecule has 3 aromatic rings. The van der Waals surface area contributed by atoms with Gasteiger partial charge in [-0.3, -0.25) is 4.98 Å². The molecule has 2 atom stereocenters. The summed E-state index contributed by atoms with van der Waals surface area (Å²) in [4.78, 5) is 4.13. The summed E-state index contributed by atoms with van der Waals surface area (Å²) in [6, 6.07) is 11.3. The Morgan fingerprint density at radius 3 is 2.67 bits per heavy atom.